The van der Waals surface area contributed by atoms with Gasteiger partial charge in [-0.3, -0.25) is 7.06 Å². The Morgan fingerprint density at radius 3 is 0.478 bits per heavy atom. The monoisotopic (exact) mass is 738 g/mol. The lowest BCUT2D eigenvalue weighted by Crippen LogP contribution is -2.98. The van der Waals surface area contributed by atoms with Crippen molar-refractivity contribution in [1.82, 2.24) is 0 Å². The van der Waals surface area contributed by atoms with Gasteiger partial charge in [-0.1, -0.05) is 0 Å². The van der Waals surface area contributed by atoms with Crippen molar-refractivity contribution < 1.29 is 0 Å². The predicted octanol–water partition coefficient (Wildman–Crippen LogP) is -25.5. The molecule has 0 spiro atoms. The highest BCUT2D eigenvalue weighted by molar-refractivity contribution is 8.39. The molecule has 0 aromatic heterocycles. The van der Waals surface area contributed by atoms with Gasteiger partial charge in [0.25, 0.3) is 0 Å². The summed E-state index contributed by atoms with van der Waals surface area (Å²) in [5.74, 6) is 0. The van der Waals surface area contributed by atoms with Gasteiger partial charge < -0.3 is 59.2 Å². The molecule has 67 heteroatoms. The average molecular weight is 724 g/mol. The van der Waals surface area contributed by atoms with E-state index in [0.29, 0.717) is 0 Å². The van der Waals surface area contributed by atoms with Crippen LogP contribution in [-0.4, -0.2) is 474 Å². The van der Waals surface area contributed by atoms with Crippen LogP contribution in [0, 0.1) is 0 Å². The lowest BCUT2D eigenvalue weighted by atomic mass is 8.22. The lowest BCUT2D eigenvalue weighted by molar-refractivity contribution is 3.16. The van der Waals surface area contributed by atoms with Crippen molar-refractivity contribution >= 4 is 474 Å². The molecule has 0 aliphatic carbocycles. The third kappa shape index (κ3) is 19.3. The van der Waals surface area contributed by atoms with E-state index in [0.717, 1.165) is 7.06 Å². The second-order valence-electron chi connectivity index (χ2n) is 18.7. The van der Waals surface area contributed by atoms with Crippen LogP contribution in [-0.2, 0) is 0 Å². The Hall–Kier alpha value is 4.35. The molecule has 0 aromatic rings. The zero-order valence-corrected chi connectivity index (χ0v) is 38.7. The molecule has 0 amide bonds. The molecule has 0 heterocycles. The van der Waals surface area contributed by atoms with Gasteiger partial charge in [0.15, 0.2) is 0 Å². The molecule has 0 nitrogen and oxygen atoms in total. The van der Waals surface area contributed by atoms with Gasteiger partial charge in [-0.15, -0.1) is 6.39 Å². The zero-order valence-electron chi connectivity index (χ0n) is 38.7. The molecule has 0 unspecified atom stereocenters. The largest absolute Gasteiger partial charge is 0.729 e. The maximum atomic E-state index is 7.06. The predicted molar refractivity (Wildman–Crippen MR) is 386 cm³/mol. The molecule has 0 rings (SSSR count). The van der Waals surface area contributed by atoms with Gasteiger partial charge in [-0.2, -0.15) is 0 Å². The smallest absolute Gasteiger partial charge is 0.000000000000000428 e. The summed E-state index contributed by atoms with van der Waals surface area (Å²) >= 11 is 0. The van der Waals surface area contributed by atoms with Crippen LogP contribution in [0.2, 0.25) is 0 Å². The van der Waals surface area contributed by atoms with Gasteiger partial charge >= 0.3 is 0 Å². The van der Waals surface area contributed by atoms with E-state index in [9.17, 15) is 0 Å². The minimum Gasteiger partial charge on any atom is -0.729 e. The maximum absolute atomic E-state index is 7.06. The van der Waals surface area contributed by atoms with Gasteiger partial charge in [0.2, 0.25) is 0 Å². The first-order valence-corrected chi connectivity index (χ1v) is 22.0. The maximum Gasteiger partial charge on any atom is -0.000000000000000428 e. The molecule has 0 aliphatic heterocycles. The first kappa shape index (κ1) is 71.4. The average Bonchev–Trinajstić information content (AvgIpc) is 3.11. The van der Waals surface area contributed by atoms with Crippen LogP contribution in [0.3, 0.4) is 0 Å². The normalized spacial score (nSPS) is 9.82. The van der Waals surface area contributed by atoms with E-state index in [1.165, 1.54) is 0 Å². The minimum absolute atomic E-state index is 1.08. The molecular weight excluding hydrogens is 724 g/mol. The van der Waals surface area contributed by atoms with Crippen molar-refractivity contribution in [3.8, 4) is 0 Å². The quantitative estimate of drug-likeness (QED) is 0.0606. The highest BCUT2D eigenvalue weighted by Crippen LogP contribution is 2.25. The van der Waals surface area contributed by atoms with E-state index < -0.39 is 204 Å². The Labute approximate surface area is 470 Å². The lowest BCUT2D eigenvalue weighted by Gasteiger charge is -2.66. The van der Waals surface area contributed by atoms with Crippen LogP contribution >= 0.6 is 0 Å². The van der Waals surface area contributed by atoms with Crippen LogP contribution in [0.15, 0.2) is 0 Å². The second-order valence-corrected chi connectivity index (χ2v) is 18.7. The first-order chi connectivity index (χ1) is 30.5. The summed E-state index contributed by atoms with van der Waals surface area (Å²) in [5, 5.41) is 0. The van der Waals surface area contributed by atoms with Crippen LogP contribution < -0.4 is 0 Å². The molecule has 75 radical (unpaired) electrons. The van der Waals surface area contributed by atoms with Crippen molar-refractivity contribution in [2.24, 2.45) is 0 Å². The van der Waals surface area contributed by atoms with E-state index in [1.807, 2.05) is 0 Å². The Morgan fingerprint density at radius 1 is 0.194 bits per heavy atom. The van der Waals surface area contributed by atoms with Crippen LogP contribution in [0.1, 0.15) is 0 Å². The van der Waals surface area contributed by atoms with E-state index in [4.69, 9.17) is 263 Å². The molecule has 0 atom stereocenters. The van der Waals surface area contributed by atoms with Gasteiger partial charge in [0, 0.05) is 0 Å². The molecule has 67 heavy (non-hydrogen) atoms. The van der Waals surface area contributed by atoms with Crippen molar-refractivity contribution in [1.29, 1.82) is 0 Å². The topological polar surface area (TPSA) is 0 Å². The van der Waals surface area contributed by atoms with Gasteiger partial charge in [-0.05, 0) is 395 Å². The number of hydrogen-bond donors (Lipinski definition) is 0. The van der Waals surface area contributed by atoms with E-state index >= 15 is 0 Å². The first-order valence-electron chi connectivity index (χ1n) is 22.0. The second kappa shape index (κ2) is 32.9. The fourth-order valence-corrected chi connectivity index (χ4v) is 11.7. The Bertz CT molecular complexity index is 1080. The Balaban J connectivity index is 11.4. The number of rotatable bonds is 32. The van der Waals surface area contributed by atoms with Crippen molar-refractivity contribution in [2.45, 2.75) is 0 Å². The van der Waals surface area contributed by atoms with Crippen molar-refractivity contribution in [3.63, 3.8) is 0 Å². The molecule has 0 bridgehead atoms. The molecule has 207 valence electrons. The van der Waals surface area contributed by atoms with E-state index in [1.54, 1.807) is 0 Å². The highest BCUT2D eigenvalue weighted by Gasteiger charge is 2.62. The minimum atomic E-state index is -1.64. The summed E-state index contributed by atoms with van der Waals surface area (Å²) in [6, 6.07) is 0. The zero-order chi connectivity index (χ0) is 53.2. The Morgan fingerprint density at radius 2 is 0.343 bits per heavy atom. The molecule has 0 N–H and O–H groups in total. The van der Waals surface area contributed by atoms with E-state index in [-0.39, 0.29) is 0 Å². The summed E-state index contributed by atoms with van der Waals surface area (Å²) in [4.78, 5) is 0. The molecular formula is B67-6. The van der Waals surface area contributed by atoms with Crippen molar-refractivity contribution in [3.05, 3.63) is 0 Å². The summed E-state index contributed by atoms with van der Waals surface area (Å²) < 4.78 is 0. The summed E-state index contributed by atoms with van der Waals surface area (Å²) in [5.41, 5.74) is 0. The van der Waals surface area contributed by atoms with Crippen molar-refractivity contribution in [2.75, 3.05) is 0 Å². The highest BCUT2D eigenvalue weighted by atomic mass is 13.4. The molecule has 0 aromatic carbocycles. The summed E-state index contributed by atoms with van der Waals surface area (Å²) in [7, 11) is 229. The van der Waals surface area contributed by atoms with E-state index in [2.05, 4.69) is 0 Å². The SMILES string of the molecule is [B]B([B])B(B([B])[B])B(B(B([B])[B])B([B])[B])B(B(B(B([B])[B])B([B])[B])B(B([B])[B])B([B])[B-])B(B(B(B([B])[B])B([B])[B])B(B([B])[B])B([B])[B])B(B(B([B])[B])B([B])[B])B(B([B])[B][B-])B(B([B-])[B-])B([B-])[B-]. The molecule has 0 fully saturated rings. The van der Waals surface area contributed by atoms with Gasteiger partial charge in [0.1, 0.15) is 0 Å². The van der Waals surface area contributed by atoms with Gasteiger partial charge in [0.05, 0.1) is 0 Å². The third-order valence-corrected chi connectivity index (χ3v) is 14.0. The molecule has 0 saturated carbocycles. The van der Waals surface area contributed by atoms with Crippen LogP contribution in [0.5, 0.6) is 0 Å². The number of hydrogen-bond acceptors (Lipinski definition) is 0. The third-order valence-electron chi connectivity index (χ3n) is 14.0. The van der Waals surface area contributed by atoms with Crippen LogP contribution in [0.4, 0.5) is 0 Å². The van der Waals surface area contributed by atoms with Gasteiger partial charge in [-0.25, -0.2) is 6.39 Å². The molecule has 0 aliphatic rings. The summed E-state index contributed by atoms with van der Waals surface area (Å²) in [6.07, 6.45) is -48.0. The Kier molecular flexibility index (Phi) is 35.1. The fourth-order valence-electron chi connectivity index (χ4n) is 11.7. The standard InChI is InChI=1S/B67/c1-35-52(34)61(53(36(2)3)37(4)5)65(60(50(30)31)51(32)33)67(64(58(46(22)23)47(24)25)59(48(26)27)49(28)29)66(62(54(38(6)7)39(8)9)55(40(10)11)41(12)13)63(56(42(14)15)43(16)17)57(44(18)19)45(20)21/q-6. The fraction of sp³-hybridized carbons (Fsp3) is 0. The summed E-state index contributed by atoms with van der Waals surface area (Å²) in [6.45, 7) is 0. The van der Waals surface area contributed by atoms with Crippen LogP contribution in [0.25, 0.3) is 0 Å². The molecule has 0 saturated heterocycles.